The van der Waals surface area contributed by atoms with Crippen LogP contribution in [0.25, 0.3) is 0 Å². The number of aryl methyl sites for hydroxylation is 1. The Morgan fingerprint density at radius 1 is 1.31 bits per heavy atom. The molecule has 1 aromatic carbocycles. The Kier molecular flexibility index (Phi) is 3.13. The van der Waals surface area contributed by atoms with Gasteiger partial charge in [-0.1, -0.05) is 17.7 Å². The van der Waals surface area contributed by atoms with Crippen LogP contribution >= 0.6 is 0 Å². The number of likely N-dealkylation sites (tertiary alicyclic amines) is 1. The highest BCUT2D eigenvalue weighted by Gasteiger charge is 2.24. The summed E-state index contributed by atoms with van der Waals surface area (Å²) in [5, 5.41) is 3.35. The molecule has 0 bridgehead atoms. The van der Waals surface area contributed by atoms with Crippen LogP contribution in [0.15, 0.2) is 24.3 Å². The van der Waals surface area contributed by atoms with Crippen molar-refractivity contribution in [3.8, 4) is 0 Å². The first kappa shape index (κ1) is 11.0. The molecule has 3 nitrogen and oxygen atoms in total. The Labute approximate surface area is 96.5 Å². The maximum absolute atomic E-state index is 11.5. The summed E-state index contributed by atoms with van der Waals surface area (Å²) in [7, 11) is 0. The molecule has 1 aliphatic rings. The minimum atomic E-state index is 0.0812. The number of amides is 1. The largest absolute Gasteiger partial charge is 0.365 e. The van der Waals surface area contributed by atoms with Crippen LogP contribution in [0.1, 0.15) is 25.3 Å². The third-order valence-electron chi connectivity index (χ3n) is 3.00. The molecule has 1 atom stereocenters. The van der Waals surface area contributed by atoms with E-state index in [4.69, 9.17) is 0 Å². The summed E-state index contributed by atoms with van der Waals surface area (Å²) in [6.07, 6.45) is 1.76. The van der Waals surface area contributed by atoms with Crippen molar-refractivity contribution in [1.29, 1.82) is 0 Å². The first-order chi connectivity index (χ1) is 7.66. The van der Waals surface area contributed by atoms with Crippen molar-refractivity contribution in [3.05, 3.63) is 29.8 Å². The van der Waals surface area contributed by atoms with Crippen molar-refractivity contribution in [2.24, 2.45) is 0 Å². The highest BCUT2D eigenvalue weighted by Crippen LogP contribution is 2.16. The van der Waals surface area contributed by atoms with E-state index in [-0.39, 0.29) is 12.1 Å². The summed E-state index contributed by atoms with van der Waals surface area (Å²) in [4.78, 5) is 13.4. The van der Waals surface area contributed by atoms with E-state index >= 15 is 0 Å². The lowest BCUT2D eigenvalue weighted by Gasteiger charge is -2.26. The topological polar surface area (TPSA) is 32.3 Å². The molecule has 0 radical (unpaired) electrons. The molecule has 16 heavy (non-hydrogen) atoms. The average molecular weight is 218 g/mol. The summed E-state index contributed by atoms with van der Waals surface area (Å²) in [6, 6.07) is 8.24. The molecule has 0 saturated carbocycles. The van der Waals surface area contributed by atoms with E-state index in [2.05, 4.69) is 24.4 Å². The van der Waals surface area contributed by atoms with E-state index in [0.29, 0.717) is 6.42 Å². The second-order valence-electron chi connectivity index (χ2n) is 4.38. The number of hydrogen-bond donors (Lipinski definition) is 1. The molecule has 1 N–H and O–H groups in total. The molecular weight excluding hydrogens is 200 g/mol. The number of carbonyl (C=O) groups excluding carboxylic acids is 1. The van der Waals surface area contributed by atoms with E-state index in [9.17, 15) is 4.79 Å². The highest BCUT2D eigenvalue weighted by molar-refractivity contribution is 5.78. The minimum Gasteiger partial charge on any atom is -0.365 e. The molecule has 2 rings (SSSR count). The lowest BCUT2D eigenvalue weighted by molar-refractivity contribution is -0.128. The van der Waals surface area contributed by atoms with Crippen molar-refractivity contribution >= 4 is 11.6 Å². The predicted molar refractivity (Wildman–Crippen MR) is 65.2 cm³/mol. The zero-order valence-corrected chi connectivity index (χ0v) is 9.86. The molecule has 0 aliphatic carbocycles. The van der Waals surface area contributed by atoms with Crippen molar-refractivity contribution in [3.63, 3.8) is 0 Å². The van der Waals surface area contributed by atoms with Crippen molar-refractivity contribution in [1.82, 2.24) is 4.90 Å². The smallest absolute Gasteiger partial charge is 0.224 e. The SMILES string of the molecule is Cc1ccc(NC(C)N2CCCC2=O)cc1. The standard InChI is InChI=1S/C13H18N2O/c1-10-5-7-12(8-6-10)14-11(2)15-9-3-4-13(15)16/h5-8,11,14H,3-4,9H2,1-2H3. The minimum absolute atomic E-state index is 0.0812. The van der Waals surface area contributed by atoms with E-state index < -0.39 is 0 Å². The fourth-order valence-electron chi connectivity index (χ4n) is 2.05. The predicted octanol–water partition coefficient (Wildman–Crippen LogP) is 2.38. The summed E-state index contributed by atoms with van der Waals surface area (Å²) < 4.78 is 0. The van der Waals surface area contributed by atoms with Crippen molar-refractivity contribution in [2.75, 3.05) is 11.9 Å². The second-order valence-corrected chi connectivity index (χ2v) is 4.38. The van der Waals surface area contributed by atoms with Gasteiger partial charge in [0.15, 0.2) is 0 Å². The van der Waals surface area contributed by atoms with Crippen LogP contribution in [0.4, 0.5) is 5.69 Å². The summed E-state index contributed by atoms with van der Waals surface area (Å²) in [5.74, 6) is 0.257. The molecule has 3 heteroatoms. The molecule has 1 saturated heterocycles. The number of carbonyl (C=O) groups is 1. The van der Waals surface area contributed by atoms with Gasteiger partial charge in [0.25, 0.3) is 0 Å². The van der Waals surface area contributed by atoms with Crippen LogP contribution in [0.5, 0.6) is 0 Å². The summed E-state index contributed by atoms with van der Waals surface area (Å²) in [5.41, 5.74) is 2.31. The zero-order valence-electron chi connectivity index (χ0n) is 9.86. The Balaban J connectivity index is 1.98. The molecule has 1 amide bonds. The van der Waals surface area contributed by atoms with Crippen LogP contribution in [-0.2, 0) is 4.79 Å². The van der Waals surface area contributed by atoms with Gasteiger partial charge >= 0.3 is 0 Å². The van der Waals surface area contributed by atoms with E-state index in [0.717, 1.165) is 18.7 Å². The van der Waals surface area contributed by atoms with Gasteiger partial charge in [0.1, 0.15) is 0 Å². The quantitative estimate of drug-likeness (QED) is 0.844. The Morgan fingerprint density at radius 3 is 2.56 bits per heavy atom. The first-order valence-electron chi connectivity index (χ1n) is 5.79. The molecule has 0 aromatic heterocycles. The van der Waals surface area contributed by atoms with Crippen LogP contribution in [0.3, 0.4) is 0 Å². The van der Waals surface area contributed by atoms with Gasteiger partial charge in [-0.05, 0) is 32.4 Å². The maximum Gasteiger partial charge on any atom is 0.224 e. The van der Waals surface area contributed by atoms with E-state index in [1.165, 1.54) is 5.56 Å². The molecule has 1 aliphatic heterocycles. The van der Waals surface area contributed by atoms with Gasteiger partial charge in [0.2, 0.25) is 5.91 Å². The van der Waals surface area contributed by atoms with Gasteiger partial charge in [0, 0.05) is 18.7 Å². The van der Waals surface area contributed by atoms with Gasteiger partial charge in [-0.3, -0.25) is 4.79 Å². The maximum atomic E-state index is 11.5. The van der Waals surface area contributed by atoms with Gasteiger partial charge in [0.05, 0.1) is 6.17 Å². The molecule has 1 unspecified atom stereocenters. The fraction of sp³-hybridized carbons (Fsp3) is 0.462. The molecule has 1 aromatic rings. The first-order valence-corrected chi connectivity index (χ1v) is 5.79. The van der Waals surface area contributed by atoms with E-state index in [1.807, 2.05) is 24.0 Å². The highest BCUT2D eigenvalue weighted by atomic mass is 16.2. The number of nitrogens with zero attached hydrogens (tertiary/aromatic N) is 1. The Hall–Kier alpha value is -1.51. The van der Waals surface area contributed by atoms with Crippen LogP contribution in [-0.4, -0.2) is 23.5 Å². The number of anilines is 1. The number of hydrogen-bond acceptors (Lipinski definition) is 2. The lowest BCUT2D eigenvalue weighted by atomic mass is 10.2. The molecule has 0 spiro atoms. The van der Waals surface area contributed by atoms with Gasteiger partial charge < -0.3 is 10.2 Å². The summed E-state index contributed by atoms with van der Waals surface area (Å²) in [6.45, 7) is 4.97. The molecule has 1 fully saturated rings. The van der Waals surface area contributed by atoms with Crippen LogP contribution in [0, 0.1) is 6.92 Å². The fourth-order valence-corrected chi connectivity index (χ4v) is 2.05. The third kappa shape index (κ3) is 2.35. The van der Waals surface area contributed by atoms with Crippen LogP contribution in [0.2, 0.25) is 0 Å². The lowest BCUT2D eigenvalue weighted by Crippen LogP contribution is -2.39. The van der Waals surface area contributed by atoms with Crippen molar-refractivity contribution in [2.45, 2.75) is 32.9 Å². The second kappa shape index (κ2) is 4.56. The number of benzene rings is 1. The zero-order chi connectivity index (χ0) is 11.5. The Morgan fingerprint density at radius 2 is 2.00 bits per heavy atom. The van der Waals surface area contributed by atoms with Gasteiger partial charge in [-0.25, -0.2) is 0 Å². The van der Waals surface area contributed by atoms with Crippen molar-refractivity contribution < 1.29 is 4.79 Å². The number of rotatable bonds is 3. The van der Waals surface area contributed by atoms with Gasteiger partial charge in [-0.2, -0.15) is 0 Å². The normalized spacial score (nSPS) is 17.6. The van der Waals surface area contributed by atoms with Gasteiger partial charge in [-0.15, -0.1) is 0 Å². The number of nitrogens with one attached hydrogen (secondary N) is 1. The Bertz CT molecular complexity index is 372. The third-order valence-corrected chi connectivity index (χ3v) is 3.00. The molecular formula is C13H18N2O. The molecule has 86 valence electrons. The van der Waals surface area contributed by atoms with Crippen LogP contribution < -0.4 is 5.32 Å². The van der Waals surface area contributed by atoms with E-state index in [1.54, 1.807) is 0 Å². The molecule has 1 heterocycles. The average Bonchev–Trinajstić information content (AvgIpc) is 2.68. The summed E-state index contributed by atoms with van der Waals surface area (Å²) >= 11 is 0. The monoisotopic (exact) mass is 218 g/mol.